The fourth-order valence-electron chi connectivity index (χ4n) is 4.11. The molecule has 0 saturated carbocycles. The van der Waals surface area contributed by atoms with Crippen LogP contribution in [-0.4, -0.2) is 0 Å². The summed E-state index contributed by atoms with van der Waals surface area (Å²) in [5.74, 6) is -12.0. The van der Waals surface area contributed by atoms with Crippen LogP contribution in [0.4, 0.5) is 48.3 Å². The van der Waals surface area contributed by atoms with E-state index in [1.165, 1.54) is 0 Å². The zero-order valence-electron chi connectivity index (χ0n) is 21.8. The lowest BCUT2D eigenvalue weighted by molar-refractivity contribution is -0.189. The molecule has 4 rings (SSSR count). The molecular formula is C31H17F11O. The van der Waals surface area contributed by atoms with Gasteiger partial charge in [-0.05, 0) is 60.4 Å². The SMILES string of the molecule is CCCCc1cc(F)c(-c2cc(F)c(C(F)(F)Oc3cc(F)c(C#Cc4cc(F)c(F)c(F)c4)c(F)c3)c(F)c2)c(F)c1. The highest BCUT2D eigenvalue weighted by Crippen LogP contribution is 2.38. The van der Waals surface area contributed by atoms with Crippen molar-refractivity contribution in [1.82, 2.24) is 0 Å². The standard InChI is InChI=1S/C31H17F11O/c1-2-3-4-15-7-22(34)28(23(35)8-15)17-11-24(36)29(25(37)12-17)31(41,42)43-18-13-20(32)19(21(33)14-18)6-5-16-9-26(38)30(40)27(39)10-16/h7-14H,2-4H2,1H3. The van der Waals surface area contributed by atoms with Crippen molar-refractivity contribution in [2.75, 3.05) is 0 Å². The molecular weight excluding hydrogens is 597 g/mol. The topological polar surface area (TPSA) is 9.23 Å². The summed E-state index contributed by atoms with van der Waals surface area (Å²) in [6.45, 7) is 1.86. The van der Waals surface area contributed by atoms with Crippen molar-refractivity contribution in [3.63, 3.8) is 0 Å². The molecule has 4 aromatic carbocycles. The fraction of sp³-hybridized carbons (Fsp3) is 0.161. The van der Waals surface area contributed by atoms with Crippen molar-refractivity contribution < 1.29 is 53.0 Å². The highest BCUT2D eigenvalue weighted by Gasteiger charge is 2.41. The molecule has 12 heteroatoms. The Labute approximate surface area is 237 Å². The Morgan fingerprint density at radius 3 is 1.67 bits per heavy atom. The average molecular weight is 614 g/mol. The average Bonchev–Trinajstić information content (AvgIpc) is 2.88. The molecule has 0 heterocycles. The van der Waals surface area contributed by atoms with Crippen LogP contribution in [0.25, 0.3) is 11.1 Å². The van der Waals surface area contributed by atoms with E-state index in [0.29, 0.717) is 25.0 Å². The van der Waals surface area contributed by atoms with Crippen molar-refractivity contribution in [2.24, 2.45) is 0 Å². The molecule has 0 saturated heterocycles. The van der Waals surface area contributed by atoms with Crippen LogP contribution in [0.15, 0.2) is 48.5 Å². The van der Waals surface area contributed by atoms with Crippen LogP contribution in [0.5, 0.6) is 5.75 Å². The van der Waals surface area contributed by atoms with E-state index in [4.69, 9.17) is 0 Å². The summed E-state index contributed by atoms with van der Waals surface area (Å²) in [7, 11) is 0. The molecule has 224 valence electrons. The Hall–Kier alpha value is -4.53. The van der Waals surface area contributed by atoms with Gasteiger partial charge in [-0.25, -0.2) is 39.5 Å². The predicted octanol–water partition coefficient (Wildman–Crippen LogP) is 9.48. The summed E-state index contributed by atoms with van der Waals surface area (Å²) in [6, 6.07) is 3.71. The molecule has 4 aromatic rings. The van der Waals surface area contributed by atoms with Crippen LogP contribution in [0, 0.1) is 64.2 Å². The molecule has 0 aromatic heterocycles. The molecule has 0 fully saturated rings. The second-order valence-corrected chi connectivity index (χ2v) is 9.24. The number of alkyl halides is 2. The number of benzene rings is 4. The summed E-state index contributed by atoms with van der Waals surface area (Å²) in [6.07, 6.45) is -3.20. The van der Waals surface area contributed by atoms with E-state index >= 15 is 0 Å². The van der Waals surface area contributed by atoms with Crippen LogP contribution < -0.4 is 4.74 Å². The lowest BCUT2D eigenvalue weighted by Crippen LogP contribution is -2.25. The molecule has 0 aliphatic heterocycles. The van der Waals surface area contributed by atoms with Gasteiger partial charge in [-0.1, -0.05) is 25.2 Å². The van der Waals surface area contributed by atoms with Gasteiger partial charge in [0.1, 0.15) is 46.2 Å². The third kappa shape index (κ3) is 6.77. The maximum absolute atomic E-state index is 14.8. The number of ether oxygens (including phenoxy) is 1. The molecule has 0 amide bonds. The van der Waals surface area contributed by atoms with Crippen LogP contribution >= 0.6 is 0 Å². The lowest BCUT2D eigenvalue weighted by Gasteiger charge is -2.20. The van der Waals surface area contributed by atoms with Crippen LogP contribution in [0.3, 0.4) is 0 Å². The largest absolute Gasteiger partial charge is 0.432 e. The Kier molecular flexibility index (Phi) is 9.04. The number of unbranched alkanes of at least 4 members (excludes halogenated alkanes) is 1. The maximum atomic E-state index is 14.8. The van der Waals surface area contributed by atoms with Gasteiger partial charge in [0.2, 0.25) is 0 Å². The summed E-state index contributed by atoms with van der Waals surface area (Å²) in [5.41, 5.74) is -4.89. The smallest absolute Gasteiger partial charge is 0.429 e. The summed E-state index contributed by atoms with van der Waals surface area (Å²) in [4.78, 5) is 0. The summed E-state index contributed by atoms with van der Waals surface area (Å²) in [5, 5.41) is 0. The summed E-state index contributed by atoms with van der Waals surface area (Å²) >= 11 is 0. The Morgan fingerprint density at radius 2 is 1.16 bits per heavy atom. The van der Waals surface area contributed by atoms with Gasteiger partial charge in [0, 0.05) is 17.7 Å². The Morgan fingerprint density at radius 1 is 0.628 bits per heavy atom. The maximum Gasteiger partial charge on any atom is 0.432 e. The third-order valence-electron chi connectivity index (χ3n) is 6.12. The minimum absolute atomic E-state index is 0.196. The molecule has 43 heavy (non-hydrogen) atoms. The van der Waals surface area contributed by atoms with Gasteiger partial charge in [0.05, 0.1) is 11.1 Å². The molecule has 0 aliphatic rings. The van der Waals surface area contributed by atoms with E-state index in [2.05, 4.69) is 4.74 Å². The van der Waals surface area contributed by atoms with E-state index in [0.717, 1.165) is 18.6 Å². The molecule has 0 spiro atoms. The van der Waals surface area contributed by atoms with Crippen LogP contribution in [0.2, 0.25) is 0 Å². The minimum Gasteiger partial charge on any atom is -0.429 e. The van der Waals surface area contributed by atoms with E-state index in [1.54, 1.807) is 0 Å². The Balaban J connectivity index is 1.63. The number of aryl methyl sites for hydroxylation is 1. The van der Waals surface area contributed by atoms with Gasteiger partial charge in [0.25, 0.3) is 0 Å². The number of rotatable bonds is 7. The van der Waals surface area contributed by atoms with E-state index in [9.17, 15) is 48.3 Å². The second-order valence-electron chi connectivity index (χ2n) is 9.24. The van der Waals surface area contributed by atoms with Crippen molar-refractivity contribution in [3.05, 3.63) is 123 Å². The van der Waals surface area contributed by atoms with Gasteiger partial charge in [-0.3, -0.25) is 0 Å². The highest BCUT2D eigenvalue weighted by molar-refractivity contribution is 5.66. The first kappa shape index (κ1) is 31.4. The molecule has 0 bridgehead atoms. The van der Waals surface area contributed by atoms with Crippen molar-refractivity contribution in [3.8, 4) is 28.7 Å². The highest BCUT2D eigenvalue weighted by atomic mass is 19.3. The first-order valence-corrected chi connectivity index (χ1v) is 12.4. The quantitative estimate of drug-likeness (QED) is 0.115. The van der Waals surface area contributed by atoms with Gasteiger partial charge < -0.3 is 4.74 Å². The molecule has 0 aliphatic carbocycles. The van der Waals surface area contributed by atoms with Gasteiger partial charge in [-0.15, -0.1) is 0 Å². The van der Waals surface area contributed by atoms with Gasteiger partial charge in [0.15, 0.2) is 17.5 Å². The normalized spacial score (nSPS) is 11.3. The molecule has 1 nitrogen and oxygen atoms in total. The number of hydrogen-bond acceptors (Lipinski definition) is 1. The zero-order chi connectivity index (χ0) is 31.6. The third-order valence-corrected chi connectivity index (χ3v) is 6.12. The molecule has 0 radical (unpaired) electrons. The first-order chi connectivity index (χ1) is 20.2. The molecule has 0 unspecified atom stereocenters. The fourth-order valence-corrected chi connectivity index (χ4v) is 4.11. The first-order valence-electron chi connectivity index (χ1n) is 12.4. The number of halogens is 11. The van der Waals surface area contributed by atoms with Crippen molar-refractivity contribution in [1.29, 1.82) is 0 Å². The van der Waals surface area contributed by atoms with Gasteiger partial charge in [-0.2, -0.15) is 8.78 Å². The molecule has 0 N–H and O–H groups in total. The van der Waals surface area contributed by atoms with Crippen molar-refractivity contribution in [2.45, 2.75) is 32.3 Å². The van der Waals surface area contributed by atoms with Crippen molar-refractivity contribution >= 4 is 0 Å². The summed E-state index contributed by atoms with van der Waals surface area (Å²) < 4.78 is 161. The van der Waals surface area contributed by atoms with E-state index in [-0.39, 0.29) is 29.8 Å². The van der Waals surface area contributed by atoms with E-state index < -0.39 is 92.0 Å². The van der Waals surface area contributed by atoms with Gasteiger partial charge >= 0.3 is 6.11 Å². The van der Waals surface area contributed by atoms with Crippen LogP contribution in [0.1, 0.15) is 42.0 Å². The van der Waals surface area contributed by atoms with Crippen LogP contribution in [-0.2, 0) is 12.5 Å². The molecule has 0 atom stereocenters. The monoisotopic (exact) mass is 614 g/mol. The Bertz CT molecular complexity index is 1680. The number of hydrogen-bond donors (Lipinski definition) is 0. The van der Waals surface area contributed by atoms with E-state index in [1.807, 2.05) is 18.8 Å². The zero-order valence-corrected chi connectivity index (χ0v) is 21.8. The predicted molar refractivity (Wildman–Crippen MR) is 133 cm³/mol. The lowest BCUT2D eigenvalue weighted by atomic mass is 9.98. The minimum atomic E-state index is -4.89. The second kappa shape index (κ2) is 12.4.